The maximum Gasteiger partial charge on any atom is 0.278 e. The first-order valence-corrected chi connectivity index (χ1v) is 9.40. The first kappa shape index (κ1) is 15.7. The van der Waals surface area contributed by atoms with Gasteiger partial charge in [0.25, 0.3) is 5.56 Å². The Bertz CT molecular complexity index is 704. The van der Waals surface area contributed by atoms with Crippen molar-refractivity contribution in [3.8, 4) is 0 Å². The molecule has 0 saturated carbocycles. The summed E-state index contributed by atoms with van der Waals surface area (Å²) in [5.41, 5.74) is 1.34. The average molecular weight is 319 g/mol. The van der Waals surface area contributed by atoms with E-state index in [1.165, 1.54) is 42.5 Å². The van der Waals surface area contributed by atoms with Gasteiger partial charge in [-0.2, -0.15) is 0 Å². The third-order valence-corrected chi connectivity index (χ3v) is 5.80. The summed E-state index contributed by atoms with van der Waals surface area (Å²) in [6.07, 6.45) is 9.23. The van der Waals surface area contributed by atoms with Crippen molar-refractivity contribution in [1.82, 2.24) is 15.0 Å². The van der Waals surface area contributed by atoms with Crippen LogP contribution in [0.4, 0.5) is 0 Å². The number of aromatic nitrogens is 3. The fourth-order valence-electron chi connectivity index (χ4n) is 3.30. The maximum atomic E-state index is 12.7. The van der Waals surface area contributed by atoms with E-state index in [0.717, 1.165) is 29.5 Å². The monoisotopic (exact) mass is 319 g/mol. The lowest BCUT2D eigenvalue weighted by Crippen LogP contribution is -2.25. The predicted molar refractivity (Wildman–Crippen MR) is 91.6 cm³/mol. The zero-order valence-electron chi connectivity index (χ0n) is 13.6. The minimum Gasteiger partial charge on any atom is -0.267 e. The Hall–Kier alpha value is -1.23. The van der Waals surface area contributed by atoms with Crippen LogP contribution in [0.1, 0.15) is 62.8 Å². The van der Waals surface area contributed by atoms with Crippen molar-refractivity contribution in [2.75, 3.05) is 0 Å². The van der Waals surface area contributed by atoms with E-state index in [-0.39, 0.29) is 5.56 Å². The molecule has 3 rings (SSSR count). The van der Waals surface area contributed by atoms with Crippen LogP contribution in [0.5, 0.6) is 0 Å². The molecule has 120 valence electrons. The van der Waals surface area contributed by atoms with Crippen LogP contribution >= 0.6 is 11.3 Å². The lowest BCUT2D eigenvalue weighted by atomic mass is 9.89. The summed E-state index contributed by atoms with van der Waals surface area (Å²) >= 11 is 1.67. The minimum atomic E-state index is 0.0764. The molecule has 1 unspecified atom stereocenters. The van der Waals surface area contributed by atoms with Gasteiger partial charge < -0.3 is 0 Å². The molecule has 5 heteroatoms. The molecule has 2 heterocycles. The van der Waals surface area contributed by atoms with Crippen molar-refractivity contribution in [2.24, 2.45) is 5.92 Å². The van der Waals surface area contributed by atoms with Crippen molar-refractivity contribution in [3.63, 3.8) is 0 Å². The van der Waals surface area contributed by atoms with Crippen LogP contribution in [0, 0.1) is 5.92 Å². The predicted octanol–water partition coefficient (Wildman–Crippen LogP) is 3.95. The first-order chi connectivity index (χ1) is 10.7. The molecule has 0 amide bonds. The number of unbranched alkanes of at least 4 members (excludes halogenated alkanes) is 4. The van der Waals surface area contributed by atoms with Crippen LogP contribution in [0.2, 0.25) is 0 Å². The molecule has 0 N–H and O–H groups in total. The molecule has 0 fully saturated rings. The summed E-state index contributed by atoms with van der Waals surface area (Å²) < 4.78 is 1.58. The van der Waals surface area contributed by atoms with Gasteiger partial charge in [0.2, 0.25) is 0 Å². The van der Waals surface area contributed by atoms with Crippen LogP contribution in [-0.4, -0.2) is 15.0 Å². The standard InChI is InChI=1S/C17H25N3OS/c1-3-4-5-6-7-10-20-17(21)15-13-9-8-12(2)11-14(13)22-16(15)18-19-20/h12H,3-11H2,1-2H3. The Labute approximate surface area is 135 Å². The molecule has 0 aliphatic heterocycles. The molecule has 0 saturated heterocycles. The van der Waals surface area contributed by atoms with Gasteiger partial charge in [-0.1, -0.05) is 44.7 Å². The number of nitrogens with zero attached hydrogens (tertiary/aromatic N) is 3. The molecule has 2 aromatic rings. The summed E-state index contributed by atoms with van der Waals surface area (Å²) in [5.74, 6) is 0.717. The second kappa shape index (κ2) is 6.90. The second-order valence-electron chi connectivity index (χ2n) is 6.56. The molecule has 0 radical (unpaired) electrons. The van der Waals surface area contributed by atoms with E-state index < -0.39 is 0 Å². The van der Waals surface area contributed by atoms with Gasteiger partial charge in [0.1, 0.15) is 0 Å². The molecule has 1 aliphatic rings. The highest BCUT2D eigenvalue weighted by Gasteiger charge is 2.23. The minimum absolute atomic E-state index is 0.0764. The van der Waals surface area contributed by atoms with E-state index in [9.17, 15) is 4.79 Å². The Morgan fingerprint density at radius 3 is 2.91 bits per heavy atom. The highest BCUT2D eigenvalue weighted by molar-refractivity contribution is 7.18. The largest absolute Gasteiger partial charge is 0.278 e. The second-order valence-corrected chi connectivity index (χ2v) is 7.65. The Balaban J connectivity index is 1.82. The van der Waals surface area contributed by atoms with Crippen molar-refractivity contribution in [2.45, 2.75) is 71.8 Å². The van der Waals surface area contributed by atoms with E-state index in [2.05, 4.69) is 24.2 Å². The van der Waals surface area contributed by atoms with Crippen LogP contribution in [0.3, 0.4) is 0 Å². The van der Waals surface area contributed by atoms with E-state index in [4.69, 9.17) is 0 Å². The molecular formula is C17H25N3OS. The Kier molecular flexibility index (Phi) is 4.91. The van der Waals surface area contributed by atoms with Gasteiger partial charge in [0.05, 0.1) is 5.39 Å². The summed E-state index contributed by atoms with van der Waals surface area (Å²) in [4.78, 5) is 14.9. The molecule has 22 heavy (non-hydrogen) atoms. The first-order valence-electron chi connectivity index (χ1n) is 8.58. The molecule has 0 aromatic carbocycles. The fraction of sp³-hybridized carbons (Fsp3) is 0.706. The van der Waals surface area contributed by atoms with E-state index in [1.807, 2.05) is 0 Å². The van der Waals surface area contributed by atoms with Gasteiger partial charge >= 0.3 is 0 Å². The molecule has 1 aliphatic carbocycles. The number of rotatable bonds is 6. The zero-order chi connectivity index (χ0) is 15.5. The van der Waals surface area contributed by atoms with Crippen LogP contribution in [0.15, 0.2) is 4.79 Å². The maximum absolute atomic E-state index is 12.7. The summed E-state index contributed by atoms with van der Waals surface area (Å²) in [7, 11) is 0. The lowest BCUT2D eigenvalue weighted by molar-refractivity contribution is 0.495. The van der Waals surface area contributed by atoms with Gasteiger partial charge in [0, 0.05) is 11.4 Å². The topological polar surface area (TPSA) is 47.8 Å². The molecular weight excluding hydrogens is 294 g/mol. The van der Waals surface area contributed by atoms with E-state index >= 15 is 0 Å². The van der Waals surface area contributed by atoms with Crippen molar-refractivity contribution in [1.29, 1.82) is 0 Å². The molecule has 4 nitrogen and oxygen atoms in total. The van der Waals surface area contributed by atoms with Crippen molar-refractivity contribution < 1.29 is 0 Å². The van der Waals surface area contributed by atoms with E-state index in [1.54, 1.807) is 16.0 Å². The average Bonchev–Trinajstić information content (AvgIpc) is 2.87. The highest BCUT2D eigenvalue weighted by Crippen LogP contribution is 2.35. The Morgan fingerprint density at radius 1 is 1.27 bits per heavy atom. The van der Waals surface area contributed by atoms with Crippen molar-refractivity contribution >= 4 is 21.6 Å². The zero-order valence-corrected chi connectivity index (χ0v) is 14.4. The number of hydrogen-bond acceptors (Lipinski definition) is 4. The van der Waals surface area contributed by atoms with Gasteiger partial charge in [-0.15, -0.1) is 16.4 Å². The quantitative estimate of drug-likeness (QED) is 0.758. The molecule has 1 atom stereocenters. The van der Waals surface area contributed by atoms with Gasteiger partial charge in [0.15, 0.2) is 4.83 Å². The van der Waals surface area contributed by atoms with Gasteiger partial charge in [-0.05, 0) is 37.2 Å². The fourth-order valence-corrected chi connectivity index (χ4v) is 4.62. The van der Waals surface area contributed by atoms with Gasteiger partial charge in [-0.3, -0.25) is 4.79 Å². The summed E-state index contributed by atoms with van der Waals surface area (Å²) in [5, 5.41) is 9.33. The third kappa shape index (κ3) is 3.09. The Morgan fingerprint density at radius 2 is 2.09 bits per heavy atom. The van der Waals surface area contributed by atoms with E-state index in [0.29, 0.717) is 12.5 Å². The van der Waals surface area contributed by atoms with Crippen molar-refractivity contribution in [3.05, 3.63) is 20.8 Å². The highest BCUT2D eigenvalue weighted by atomic mass is 32.1. The van der Waals surface area contributed by atoms with Crippen LogP contribution in [0.25, 0.3) is 10.2 Å². The SMILES string of the molecule is CCCCCCCn1nnc2sc3c(c2c1=O)CCC(C)C3. The normalized spacial score (nSPS) is 17.8. The summed E-state index contributed by atoms with van der Waals surface area (Å²) in [6.45, 7) is 5.20. The number of thiophene rings is 1. The third-order valence-electron chi connectivity index (χ3n) is 4.66. The summed E-state index contributed by atoms with van der Waals surface area (Å²) in [6, 6.07) is 0. The van der Waals surface area contributed by atoms with Crippen LogP contribution < -0.4 is 5.56 Å². The van der Waals surface area contributed by atoms with Crippen LogP contribution in [-0.2, 0) is 19.4 Å². The number of fused-ring (bicyclic) bond motifs is 3. The lowest BCUT2D eigenvalue weighted by Gasteiger charge is -2.17. The molecule has 0 bridgehead atoms. The van der Waals surface area contributed by atoms with Gasteiger partial charge in [-0.25, -0.2) is 4.68 Å². The smallest absolute Gasteiger partial charge is 0.267 e. The molecule has 0 spiro atoms. The number of hydrogen-bond donors (Lipinski definition) is 0. The molecule has 2 aromatic heterocycles. The number of aryl methyl sites for hydroxylation is 2.